The van der Waals surface area contributed by atoms with Gasteiger partial charge in [-0.25, -0.2) is 0 Å². The zero-order chi connectivity index (χ0) is 19.4. The second-order valence-corrected chi connectivity index (χ2v) is 7.34. The summed E-state index contributed by atoms with van der Waals surface area (Å²) in [6.45, 7) is 0. The molecule has 1 aliphatic carbocycles. The van der Waals surface area contributed by atoms with Gasteiger partial charge >= 0.3 is 0 Å². The van der Waals surface area contributed by atoms with E-state index < -0.39 is 4.92 Å². The maximum Gasteiger partial charge on any atom is 0.280 e. The number of thioether (sulfide) groups is 1. The average Bonchev–Trinajstić information content (AvgIpc) is 3.00. The lowest BCUT2D eigenvalue weighted by molar-refractivity contribution is -0.385. The Balaban J connectivity index is 1.90. The molecule has 3 rings (SSSR count). The van der Waals surface area contributed by atoms with E-state index in [1.54, 1.807) is 0 Å². The first-order chi connectivity index (χ1) is 13.0. The number of carbonyl (C=O) groups is 1. The van der Waals surface area contributed by atoms with Gasteiger partial charge in [-0.05, 0) is 36.7 Å². The molecule has 0 unspecified atom stereocenters. The van der Waals surface area contributed by atoms with Crippen LogP contribution >= 0.6 is 11.8 Å². The Morgan fingerprint density at radius 3 is 2.52 bits per heavy atom. The Morgan fingerprint density at radius 2 is 1.89 bits per heavy atom. The van der Waals surface area contributed by atoms with Crippen molar-refractivity contribution in [2.75, 3.05) is 14.2 Å². The van der Waals surface area contributed by atoms with Crippen LogP contribution in [0.4, 0.5) is 5.69 Å². The number of ether oxygens (including phenoxy) is 2. The Labute approximate surface area is 161 Å². The molecule has 0 radical (unpaired) electrons. The number of nitrogens with zero attached hydrogens (tertiary/aromatic N) is 2. The number of nitro groups is 1. The average molecular weight is 391 g/mol. The molecule has 27 heavy (non-hydrogen) atoms. The molecule has 1 saturated heterocycles. The second-order valence-electron chi connectivity index (χ2n) is 6.31. The van der Waals surface area contributed by atoms with Crippen molar-refractivity contribution in [3.05, 3.63) is 32.7 Å². The van der Waals surface area contributed by atoms with Crippen LogP contribution < -0.4 is 14.8 Å². The smallest absolute Gasteiger partial charge is 0.280 e. The zero-order valence-electron chi connectivity index (χ0n) is 15.2. The summed E-state index contributed by atoms with van der Waals surface area (Å²) < 4.78 is 10.3. The zero-order valence-corrected chi connectivity index (χ0v) is 16.0. The van der Waals surface area contributed by atoms with Gasteiger partial charge in [0.15, 0.2) is 16.7 Å². The highest BCUT2D eigenvalue weighted by atomic mass is 32.2. The third kappa shape index (κ3) is 4.41. The fourth-order valence-corrected chi connectivity index (χ4v) is 4.05. The molecule has 1 saturated carbocycles. The van der Waals surface area contributed by atoms with Crippen LogP contribution in [-0.4, -0.2) is 36.3 Å². The highest BCUT2D eigenvalue weighted by Crippen LogP contribution is 2.37. The van der Waals surface area contributed by atoms with Crippen LogP contribution in [0.2, 0.25) is 0 Å². The number of hydrogen-bond acceptors (Lipinski definition) is 7. The van der Waals surface area contributed by atoms with E-state index in [4.69, 9.17) is 9.47 Å². The Morgan fingerprint density at radius 1 is 1.22 bits per heavy atom. The van der Waals surface area contributed by atoms with Crippen molar-refractivity contribution in [2.45, 2.75) is 38.1 Å². The topological polar surface area (TPSA) is 103 Å². The first-order valence-electron chi connectivity index (χ1n) is 8.71. The van der Waals surface area contributed by atoms with Gasteiger partial charge in [0.2, 0.25) is 0 Å². The van der Waals surface area contributed by atoms with E-state index in [9.17, 15) is 14.9 Å². The predicted molar refractivity (Wildman–Crippen MR) is 104 cm³/mol. The second kappa shape index (κ2) is 8.43. The number of aliphatic imine (C=N–C) groups is 1. The molecule has 1 aliphatic heterocycles. The van der Waals surface area contributed by atoms with Crippen LogP contribution in [0, 0.1) is 10.1 Å². The summed E-state index contributed by atoms with van der Waals surface area (Å²) in [6, 6.07) is 3.02. The minimum atomic E-state index is -0.511. The molecule has 144 valence electrons. The molecule has 0 spiro atoms. The molecule has 1 aromatic rings. The standard InChI is InChI=1S/C18H21N3O5S/c1-25-14-8-11(13(21(23)24)10-15(14)26-2)9-16-17(22)20-18(27-16)19-12-6-4-3-5-7-12/h8-10,12H,3-7H2,1-2H3,(H,19,20,22)/b16-9-. The largest absolute Gasteiger partial charge is 0.493 e. The van der Waals surface area contributed by atoms with E-state index in [1.807, 2.05) is 0 Å². The van der Waals surface area contributed by atoms with Crippen molar-refractivity contribution in [1.82, 2.24) is 5.32 Å². The first kappa shape index (κ1) is 19.2. The normalized spacial score (nSPS) is 20.7. The van der Waals surface area contributed by atoms with Crippen LogP contribution in [0.3, 0.4) is 0 Å². The summed E-state index contributed by atoms with van der Waals surface area (Å²) in [5.74, 6) is 0.308. The lowest BCUT2D eigenvalue weighted by Crippen LogP contribution is -2.22. The molecule has 9 heteroatoms. The quantitative estimate of drug-likeness (QED) is 0.468. The monoisotopic (exact) mass is 391 g/mol. The summed E-state index contributed by atoms with van der Waals surface area (Å²) >= 11 is 1.21. The van der Waals surface area contributed by atoms with Crippen molar-refractivity contribution < 1.29 is 19.2 Å². The van der Waals surface area contributed by atoms with Crippen LogP contribution in [0.1, 0.15) is 37.7 Å². The van der Waals surface area contributed by atoms with Gasteiger partial charge in [-0.15, -0.1) is 0 Å². The van der Waals surface area contributed by atoms with Crippen molar-refractivity contribution in [3.63, 3.8) is 0 Å². The van der Waals surface area contributed by atoms with Gasteiger partial charge in [-0.2, -0.15) is 0 Å². The number of rotatable bonds is 5. The first-order valence-corrected chi connectivity index (χ1v) is 9.52. The molecular weight excluding hydrogens is 370 g/mol. The van der Waals surface area contributed by atoms with Crippen LogP contribution in [0.15, 0.2) is 22.0 Å². The van der Waals surface area contributed by atoms with E-state index in [-0.39, 0.29) is 28.9 Å². The van der Waals surface area contributed by atoms with Gasteiger partial charge in [-0.3, -0.25) is 19.9 Å². The lowest BCUT2D eigenvalue weighted by atomic mass is 9.96. The highest BCUT2D eigenvalue weighted by Gasteiger charge is 2.27. The van der Waals surface area contributed by atoms with Gasteiger partial charge in [0, 0.05) is 0 Å². The number of hydrogen-bond donors (Lipinski definition) is 1. The summed E-state index contributed by atoms with van der Waals surface area (Å²) in [5, 5.41) is 14.7. The number of carbonyl (C=O) groups excluding carboxylic acids is 1. The molecule has 0 bridgehead atoms. The van der Waals surface area contributed by atoms with Gasteiger partial charge < -0.3 is 14.8 Å². The molecule has 1 amide bonds. The summed E-state index contributed by atoms with van der Waals surface area (Å²) in [7, 11) is 2.86. The van der Waals surface area contributed by atoms with E-state index >= 15 is 0 Å². The molecule has 0 aromatic heterocycles. The van der Waals surface area contributed by atoms with Crippen LogP contribution in [0.5, 0.6) is 11.5 Å². The summed E-state index contributed by atoms with van der Waals surface area (Å²) in [5.41, 5.74) is 0.112. The van der Waals surface area contributed by atoms with E-state index in [0.717, 1.165) is 25.7 Å². The highest BCUT2D eigenvalue weighted by molar-refractivity contribution is 8.18. The molecule has 1 aromatic carbocycles. The molecule has 0 atom stereocenters. The number of nitro benzene ring substituents is 1. The Hall–Kier alpha value is -2.55. The minimum absolute atomic E-state index is 0.161. The van der Waals surface area contributed by atoms with Crippen molar-refractivity contribution in [3.8, 4) is 11.5 Å². The van der Waals surface area contributed by atoms with E-state index in [2.05, 4.69) is 10.3 Å². The minimum Gasteiger partial charge on any atom is -0.493 e. The van der Waals surface area contributed by atoms with Gasteiger partial charge in [-0.1, -0.05) is 19.3 Å². The predicted octanol–water partition coefficient (Wildman–Crippen LogP) is 3.50. The maximum absolute atomic E-state index is 12.3. The summed E-state index contributed by atoms with van der Waals surface area (Å²) in [4.78, 5) is 28.2. The summed E-state index contributed by atoms with van der Waals surface area (Å²) in [6.07, 6.45) is 7.08. The van der Waals surface area contributed by atoms with Crippen molar-refractivity contribution in [2.24, 2.45) is 4.99 Å². The van der Waals surface area contributed by atoms with E-state index in [1.165, 1.54) is 50.6 Å². The van der Waals surface area contributed by atoms with Crippen LogP contribution in [-0.2, 0) is 4.79 Å². The SMILES string of the molecule is COc1cc(/C=C2\SC(=NC3CCCCC3)NC2=O)c([N+](=O)[O-])cc1OC. The van der Waals surface area contributed by atoms with Gasteiger partial charge in [0.05, 0.1) is 41.7 Å². The molecule has 8 nitrogen and oxygen atoms in total. The maximum atomic E-state index is 12.3. The van der Waals surface area contributed by atoms with Gasteiger partial charge in [0.25, 0.3) is 11.6 Å². The Kier molecular flexibility index (Phi) is 6.00. The van der Waals surface area contributed by atoms with E-state index in [0.29, 0.717) is 15.8 Å². The fourth-order valence-electron chi connectivity index (χ4n) is 3.16. The molecule has 1 heterocycles. The molecule has 2 aliphatic rings. The van der Waals surface area contributed by atoms with Crippen molar-refractivity contribution in [1.29, 1.82) is 0 Å². The number of amidine groups is 1. The third-order valence-corrected chi connectivity index (χ3v) is 5.47. The third-order valence-electron chi connectivity index (χ3n) is 4.54. The fraction of sp³-hybridized carbons (Fsp3) is 0.444. The van der Waals surface area contributed by atoms with Crippen LogP contribution in [0.25, 0.3) is 6.08 Å². The van der Waals surface area contributed by atoms with Gasteiger partial charge in [0.1, 0.15) is 0 Å². The Bertz CT molecular complexity index is 815. The number of methoxy groups -OCH3 is 2. The lowest BCUT2D eigenvalue weighted by Gasteiger charge is -2.17. The van der Waals surface area contributed by atoms with Crippen molar-refractivity contribution >= 4 is 34.6 Å². The molecule has 2 fully saturated rings. The molecular formula is C18H21N3O5S. The number of nitrogens with one attached hydrogen (secondary N) is 1. The number of benzene rings is 1. The molecule has 1 N–H and O–H groups in total. The number of amides is 1.